The smallest absolute Gasteiger partial charge is 0.356 e. The molecule has 17 heavy (non-hydrogen) atoms. The highest BCUT2D eigenvalue weighted by Gasteiger charge is 2.14. The molecule has 2 aromatic rings. The number of rotatable bonds is 3. The third kappa shape index (κ3) is 2.33. The van der Waals surface area contributed by atoms with Crippen LogP contribution in [0.2, 0.25) is 0 Å². The molecular formula is C12H11FN2O2. The minimum absolute atomic E-state index is 0.0173. The molecule has 2 rings (SSSR count). The SMILES string of the molecule is Cc1[nH]c(Cc2ccccc2F)nc1C(=O)O. The van der Waals surface area contributed by atoms with Gasteiger partial charge >= 0.3 is 5.97 Å². The first-order valence-corrected chi connectivity index (χ1v) is 5.10. The van der Waals surface area contributed by atoms with Crippen LogP contribution in [0.1, 0.15) is 27.6 Å². The van der Waals surface area contributed by atoms with Crippen molar-refractivity contribution in [3.05, 3.63) is 52.9 Å². The molecule has 1 heterocycles. The van der Waals surface area contributed by atoms with Crippen molar-refractivity contribution in [3.63, 3.8) is 0 Å². The molecule has 1 aromatic carbocycles. The maximum Gasteiger partial charge on any atom is 0.356 e. The number of aromatic amines is 1. The van der Waals surface area contributed by atoms with Crippen LogP contribution < -0.4 is 0 Å². The van der Waals surface area contributed by atoms with Crippen LogP contribution in [-0.4, -0.2) is 21.0 Å². The molecule has 0 atom stereocenters. The molecule has 1 aromatic heterocycles. The Labute approximate surface area is 97.1 Å². The number of H-pyrrole nitrogens is 1. The lowest BCUT2D eigenvalue weighted by Crippen LogP contribution is -1.99. The number of aromatic nitrogens is 2. The predicted octanol–water partition coefficient (Wildman–Crippen LogP) is 2.15. The van der Waals surface area contributed by atoms with Crippen LogP contribution in [0.15, 0.2) is 24.3 Å². The zero-order valence-corrected chi connectivity index (χ0v) is 9.20. The van der Waals surface area contributed by atoms with Crippen molar-refractivity contribution in [2.45, 2.75) is 13.3 Å². The van der Waals surface area contributed by atoms with Gasteiger partial charge in [0, 0.05) is 12.1 Å². The highest BCUT2D eigenvalue weighted by atomic mass is 19.1. The van der Waals surface area contributed by atoms with E-state index in [0.29, 0.717) is 17.1 Å². The van der Waals surface area contributed by atoms with Gasteiger partial charge in [-0.25, -0.2) is 14.2 Å². The first-order chi connectivity index (χ1) is 8.08. The lowest BCUT2D eigenvalue weighted by Gasteiger charge is -1.99. The standard InChI is InChI=1S/C12H11FN2O2/c1-7-11(12(16)17)15-10(14-7)6-8-4-2-3-5-9(8)13/h2-5H,6H2,1H3,(H,14,15)(H,16,17). The zero-order valence-electron chi connectivity index (χ0n) is 9.20. The summed E-state index contributed by atoms with van der Waals surface area (Å²) >= 11 is 0. The number of imidazole rings is 1. The summed E-state index contributed by atoms with van der Waals surface area (Å²) < 4.78 is 13.4. The number of hydrogen-bond acceptors (Lipinski definition) is 2. The van der Waals surface area contributed by atoms with Crippen LogP contribution in [0.5, 0.6) is 0 Å². The maximum atomic E-state index is 13.4. The van der Waals surface area contributed by atoms with Crippen molar-refractivity contribution in [3.8, 4) is 0 Å². The number of hydrogen-bond donors (Lipinski definition) is 2. The van der Waals surface area contributed by atoms with Crippen LogP contribution in [0.3, 0.4) is 0 Å². The van der Waals surface area contributed by atoms with Crippen molar-refractivity contribution in [1.82, 2.24) is 9.97 Å². The number of carbonyl (C=O) groups is 1. The number of carboxylic acids is 1. The number of carboxylic acid groups (broad SMARTS) is 1. The summed E-state index contributed by atoms with van der Waals surface area (Å²) in [7, 11) is 0. The van der Waals surface area contributed by atoms with E-state index in [1.54, 1.807) is 25.1 Å². The van der Waals surface area contributed by atoms with Crippen molar-refractivity contribution >= 4 is 5.97 Å². The Morgan fingerprint density at radius 2 is 2.18 bits per heavy atom. The highest BCUT2D eigenvalue weighted by Crippen LogP contribution is 2.13. The maximum absolute atomic E-state index is 13.4. The Morgan fingerprint density at radius 3 is 2.76 bits per heavy atom. The largest absolute Gasteiger partial charge is 0.476 e. The van der Waals surface area contributed by atoms with E-state index in [4.69, 9.17) is 5.11 Å². The van der Waals surface area contributed by atoms with Gasteiger partial charge in [0.15, 0.2) is 5.69 Å². The topological polar surface area (TPSA) is 66.0 Å². The molecule has 0 bridgehead atoms. The predicted molar refractivity (Wildman–Crippen MR) is 59.5 cm³/mol. The Kier molecular flexibility index (Phi) is 2.91. The normalized spacial score (nSPS) is 10.5. The fourth-order valence-electron chi connectivity index (χ4n) is 1.64. The van der Waals surface area contributed by atoms with Crippen LogP contribution in [0, 0.1) is 12.7 Å². The Balaban J connectivity index is 2.28. The molecule has 0 saturated carbocycles. The number of benzene rings is 1. The van der Waals surface area contributed by atoms with Gasteiger partial charge in [0.25, 0.3) is 0 Å². The molecule has 88 valence electrons. The van der Waals surface area contributed by atoms with Gasteiger partial charge in [0.1, 0.15) is 11.6 Å². The van der Waals surface area contributed by atoms with Gasteiger partial charge in [-0.15, -0.1) is 0 Å². The molecule has 0 saturated heterocycles. The third-order valence-electron chi connectivity index (χ3n) is 2.45. The lowest BCUT2D eigenvalue weighted by atomic mass is 10.1. The summed E-state index contributed by atoms with van der Waals surface area (Å²) in [5.74, 6) is -0.957. The van der Waals surface area contributed by atoms with E-state index in [1.807, 2.05) is 0 Å². The van der Waals surface area contributed by atoms with Crippen LogP contribution in [0.25, 0.3) is 0 Å². The van der Waals surface area contributed by atoms with E-state index in [2.05, 4.69) is 9.97 Å². The summed E-state index contributed by atoms with van der Waals surface area (Å²) in [5.41, 5.74) is 0.943. The minimum atomic E-state index is -1.08. The highest BCUT2D eigenvalue weighted by molar-refractivity contribution is 5.86. The molecule has 0 fully saturated rings. The van der Waals surface area contributed by atoms with E-state index in [1.165, 1.54) is 6.07 Å². The lowest BCUT2D eigenvalue weighted by molar-refractivity contribution is 0.0690. The second-order valence-corrected chi connectivity index (χ2v) is 3.73. The molecular weight excluding hydrogens is 223 g/mol. The van der Waals surface area contributed by atoms with E-state index in [0.717, 1.165) is 0 Å². The number of nitrogens with one attached hydrogen (secondary N) is 1. The number of aromatic carboxylic acids is 1. The minimum Gasteiger partial charge on any atom is -0.476 e. The quantitative estimate of drug-likeness (QED) is 0.855. The van der Waals surface area contributed by atoms with Crippen molar-refractivity contribution < 1.29 is 14.3 Å². The van der Waals surface area contributed by atoms with Gasteiger partial charge in [0.2, 0.25) is 0 Å². The van der Waals surface area contributed by atoms with Gasteiger partial charge in [-0.2, -0.15) is 0 Å². The molecule has 2 N–H and O–H groups in total. The van der Waals surface area contributed by atoms with E-state index >= 15 is 0 Å². The summed E-state index contributed by atoms with van der Waals surface area (Å²) in [6, 6.07) is 6.35. The van der Waals surface area contributed by atoms with E-state index in [9.17, 15) is 9.18 Å². The number of nitrogens with zero attached hydrogens (tertiary/aromatic N) is 1. The molecule has 5 heteroatoms. The molecule has 0 aliphatic heterocycles. The molecule has 0 aliphatic carbocycles. The summed E-state index contributed by atoms with van der Waals surface area (Å²) in [6.07, 6.45) is 0.251. The van der Waals surface area contributed by atoms with Gasteiger partial charge in [-0.3, -0.25) is 0 Å². The average Bonchev–Trinajstić information content (AvgIpc) is 2.63. The summed E-state index contributed by atoms with van der Waals surface area (Å²) in [5, 5.41) is 8.84. The average molecular weight is 234 g/mol. The van der Waals surface area contributed by atoms with Crippen molar-refractivity contribution in [2.75, 3.05) is 0 Å². The first-order valence-electron chi connectivity index (χ1n) is 5.10. The molecule has 0 amide bonds. The van der Waals surface area contributed by atoms with E-state index < -0.39 is 5.97 Å². The second kappa shape index (κ2) is 4.37. The molecule has 0 aliphatic rings. The van der Waals surface area contributed by atoms with Gasteiger partial charge in [-0.1, -0.05) is 18.2 Å². The van der Waals surface area contributed by atoms with Gasteiger partial charge < -0.3 is 10.1 Å². The van der Waals surface area contributed by atoms with Crippen molar-refractivity contribution in [1.29, 1.82) is 0 Å². The van der Waals surface area contributed by atoms with E-state index in [-0.39, 0.29) is 17.9 Å². The monoisotopic (exact) mass is 234 g/mol. The van der Waals surface area contributed by atoms with Crippen LogP contribution in [0.4, 0.5) is 4.39 Å². The molecule has 0 radical (unpaired) electrons. The molecule has 4 nitrogen and oxygen atoms in total. The molecule has 0 unspecified atom stereocenters. The Morgan fingerprint density at radius 1 is 1.47 bits per heavy atom. The fourth-order valence-corrected chi connectivity index (χ4v) is 1.64. The number of aryl methyl sites for hydroxylation is 1. The summed E-state index contributed by atoms with van der Waals surface area (Å²) in [4.78, 5) is 17.6. The second-order valence-electron chi connectivity index (χ2n) is 3.73. The van der Waals surface area contributed by atoms with Gasteiger partial charge in [-0.05, 0) is 18.6 Å². The fraction of sp³-hybridized carbons (Fsp3) is 0.167. The van der Waals surface area contributed by atoms with Gasteiger partial charge in [0.05, 0.1) is 0 Å². The van der Waals surface area contributed by atoms with Crippen LogP contribution >= 0.6 is 0 Å². The first kappa shape index (κ1) is 11.3. The Bertz CT molecular complexity index is 563. The van der Waals surface area contributed by atoms with Crippen molar-refractivity contribution in [2.24, 2.45) is 0 Å². The van der Waals surface area contributed by atoms with Crippen LogP contribution in [-0.2, 0) is 6.42 Å². The zero-order chi connectivity index (χ0) is 12.4. The Hall–Kier alpha value is -2.17. The summed E-state index contributed by atoms with van der Waals surface area (Å²) in [6.45, 7) is 1.63. The molecule has 0 spiro atoms. The number of halogens is 1. The third-order valence-corrected chi connectivity index (χ3v) is 2.45.